The molecule has 0 spiro atoms. The summed E-state index contributed by atoms with van der Waals surface area (Å²) >= 11 is 0. The molecular weight excluding hydrogens is 693 g/mol. The van der Waals surface area contributed by atoms with E-state index in [1.54, 1.807) is 0 Å². The van der Waals surface area contributed by atoms with Crippen LogP contribution in [0.5, 0.6) is 11.5 Å². The number of rotatable bonds is 3. The highest BCUT2D eigenvalue weighted by Crippen LogP contribution is 2.49. The third kappa shape index (κ3) is 4.17. The number of nitrogens with zero attached hydrogens (tertiary/aromatic N) is 1. The zero-order valence-corrected chi connectivity index (χ0v) is 32.5. The van der Waals surface area contributed by atoms with Crippen molar-refractivity contribution < 1.29 is 4.74 Å². The lowest BCUT2D eigenvalue weighted by atomic mass is 9.30. The minimum absolute atomic E-state index is 0.120. The molecule has 2 nitrogen and oxygen atoms in total. The Morgan fingerprint density at radius 2 is 1.18 bits per heavy atom. The second-order valence-corrected chi connectivity index (χ2v) is 20.1. The van der Waals surface area contributed by atoms with Crippen molar-refractivity contribution in [3.63, 3.8) is 0 Å². The number of benzene rings is 8. The van der Waals surface area contributed by atoms with Gasteiger partial charge in [-0.2, -0.15) is 0 Å². The lowest BCUT2D eigenvalue weighted by molar-refractivity contribution is 0.484. The van der Waals surface area contributed by atoms with Crippen molar-refractivity contribution in [3.05, 3.63) is 204 Å². The SMILES string of the molecule is CC1(C)c2ccccc2B2c3ccccc3Oc3cc(N4c5ccccc5Cc5cc6c(cc54)[Si](c4ccccc4)(c4ccccc4)c4ccccc4-6)cc1c32. The fourth-order valence-corrected chi connectivity index (χ4v) is 16.1. The van der Waals surface area contributed by atoms with E-state index in [1.807, 2.05) is 0 Å². The van der Waals surface area contributed by atoms with E-state index >= 15 is 0 Å². The molecule has 0 saturated carbocycles. The van der Waals surface area contributed by atoms with E-state index in [0.717, 1.165) is 23.6 Å². The summed E-state index contributed by atoms with van der Waals surface area (Å²) in [7, 11) is -2.70. The Kier molecular flexibility index (Phi) is 6.60. The van der Waals surface area contributed by atoms with Crippen LogP contribution in [0.3, 0.4) is 0 Å². The van der Waals surface area contributed by atoms with Gasteiger partial charge in [-0.15, -0.1) is 0 Å². The van der Waals surface area contributed by atoms with E-state index in [1.165, 1.54) is 81.9 Å². The summed E-state index contributed by atoms with van der Waals surface area (Å²) in [5.41, 5.74) is 15.5. The van der Waals surface area contributed by atoms with Crippen molar-refractivity contribution in [2.75, 3.05) is 4.90 Å². The van der Waals surface area contributed by atoms with Gasteiger partial charge in [0, 0.05) is 29.3 Å². The van der Waals surface area contributed by atoms with Crippen molar-refractivity contribution in [1.82, 2.24) is 0 Å². The van der Waals surface area contributed by atoms with E-state index in [9.17, 15) is 0 Å². The normalized spacial score (nSPS) is 15.6. The van der Waals surface area contributed by atoms with Crippen molar-refractivity contribution in [1.29, 1.82) is 0 Å². The summed E-state index contributed by atoms with van der Waals surface area (Å²) in [6.45, 7) is 4.91. The Hall–Kier alpha value is -6.36. The summed E-state index contributed by atoms with van der Waals surface area (Å²) in [6, 6.07) is 68.6. The topological polar surface area (TPSA) is 12.5 Å². The number of hydrogen-bond donors (Lipinski definition) is 0. The van der Waals surface area contributed by atoms with Gasteiger partial charge in [-0.25, -0.2) is 0 Å². The first-order chi connectivity index (χ1) is 27.5. The van der Waals surface area contributed by atoms with Crippen molar-refractivity contribution in [3.8, 4) is 22.6 Å². The Morgan fingerprint density at radius 3 is 1.98 bits per heavy atom. The number of para-hydroxylation sites is 2. The predicted molar refractivity (Wildman–Crippen MR) is 236 cm³/mol. The van der Waals surface area contributed by atoms with Gasteiger partial charge < -0.3 is 9.64 Å². The van der Waals surface area contributed by atoms with Crippen LogP contribution in [0.4, 0.5) is 17.1 Å². The fraction of sp³-hybridized carbons (Fsp3) is 0.0769. The molecule has 0 fully saturated rings. The van der Waals surface area contributed by atoms with E-state index in [0.29, 0.717) is 0 Å². The van der Waals surface area contributed by atoms with Crippen LogP contribution in [-0.4, -0.2) is 14.8 Å². The first kappa shape index (κ1) is 31.9. The number of anilines is 3. The first-order valence-electron chi connectivity index (χ1n) is 19.8. The van der Waals surface area contributed by atoms with Crippen LogP contribution in [-0.2, 0) is 11.8 Å². The number of ether oxygens (including phenoxy) is 1. The lowest BCUT2D eigenvalue weighted by Gasteiger charge is -2.43. The highest BCUT2D eigenvalue weighted by molar-refractivity contribution is 7.22. The molecule has 0 radical (unpaired) electrons. The molecule has 0 N–H and O–H groups in total. The molecule has 8 aromatic rings. The van der Waals surface area contributed by atoms with Crippen molar-refractivity contribution in [2.24, 2.45) is 0 Å². The Labute approximate surface area is 329 Å². The van der Waals surface area contributed by atoms with E-state index in [-0.39, 0.29) is 12.1 Å². The highest BCUT2D eigenvalue weighted by atomic mass is 28.3. The lowest BCUT2D eigenvalue weighted by Crippen LogP contribution is -2.72. The fourth-order valence-electron chi connectivity index (χ4n) is 10.9. The smallest absolute Gasteiger partial charge is 0.251 e. The standard InChI is InChI=1S/C52H38BNOSi/c1-52(2)41-23-11-12-24-43(41)53-44-25-13-15-27-47(44)55-48-32-36(31-42(52)51(48)53)54-45-26-14-9-17-34(45)29-35-30-40-39-22-10-16-28-49(39)56(50(40)33-46(35)54,37-18-5-3-6-19-37)38-20-7-4-8-21-38/h3-28,30-33H,29H2,1-2H3. The molecule has 0 atom stereocenters. The van der Waals surface area contributed by atoms with E-state index in [4.69, 9.17) is 4.74 Å². The summed E-state index contributed by atoms with van der Waals surface area (Å²) in [4.78, 5) is 2.55. The van der Waals surface area contributed by atoms with Gasteiger partial charge in [-0.1, -0.05) is 165 Å². The predicted octanol–water partition coefficient (Wildman–Crippen LogP) is 7.68. The van der Waals surface area contributed by atoms with Gasteiger partial charge in [0.25, 0.3) is 6.71 Å². The Bertz CT molecular complexity index is 2880. The van der Waals surface area contributed by atoms with Gasteiger partial charge in [0.05, 0.1) is 5.69 Å². The third-order valence-corrected chi connectivity index (χ3v) is 18.1. The first-order valence-corrected chi connectivity index (χ1v) is 21.8. The molecule has 56 heavy (non-hydrogen) atoms. The molecule has 0 aliphatic carbocycles. The van der Waals surface area contributed by atoms with Crippen LogP contribution in [0.25, 0.3) is 11.1 Å². The molecule has 0 bridgehead atoms. The molecule has 4 aliphatic heterocycles. The summed E-state index contributed by atoms with van der Waals surface area (Å²) in [5.74, 6) is 1.90. The molecule has 12 rings (SSSR count). The van der Waals surface area contributed by atoms with Crippen LogP contribution >= 0.6 is 0 Å². The molecule has 4 aliphatic rings. The van der Waals surface area contributed by atoms with Gasteiger partial charge in [-0.3, -0.25) is 0 Å². The molecule has 0 saturated heterocycles. The van der Waals surface area contributed by atoms with Crippen molar-refractivity contribution in [2.45, 2.75) is 25.7 Å². The maximum absolute atomic E-state index is 6.99. The van der Waals surface area contributed by atoms with Gasteiger partial charge in [0.1, 0.15) is 11.5 Å². The maximum Gasteiger partial charge on any atom is 0.251 e. The number of hydrogen-bond acceptors (Lipinski definition) is 2. The van der Waals surface area contributed by atoms with Crippen LogP contribution in [0.2, 0.25) is 0 Å². The zero-order valence-electron chi connectivity index (χ0n) is 31.5. The quantitative estimate of drug-likeness (QED) is 0.173. The van der Waals surface area contributed by atoms with Gasteiger partial charge >= 0.3 is 0 Å². The average molecular weight is 732 g/mol. The van der Waals surface area contributed by atoms with Crippen LogP contribution in [0.15, 0.2) is 182 Å². The van der Waals surface area contributed by atoms with E-state index < -0.39 is 8.07 Å². The second-order valence-electron chi connectivity index (χ2n) is 16.4. The minimum atomic E-state index is -2.70. The molecular formula is C52H38BNOSi. The van der Waals surface area contributed by atoms with Crippen LogP contribution in [0, 0.1) is 0 Å². The Balaban J connectivity index is 1.15. The molecule has 4 heteroatoms. The molecule has 0 amide bonds. The maximum atomic E-state index is 6.99. The van der Waals surface area contributed by atoms with Crippen molar-refractivity contribution >= 4 is 69.0 Å². The van der Waals surface area contributed by atoms with Gasteiger partial charge in [-0.05, 0) is 95.4 Å². The largest absolute Gasteiger partial charge is 0.458 e. The molecule has 264 valence electrons. The Morgan fingerprint density at radius 1 is 0.518 bits per heavy atom. The molecule has 0 unspecified atom stereocenters. The third-order valence-electron chi connectivity index (χ3n) is 13.3. The summed E-state index contributed by atoms with van der Waals surface area (Å²) < 4.78 is 6.99. The monoisotopic (exact) mass is 731 g/mol. The summed E-state index contributed by atoms with van der Waals surface area (Å²) in [6.07, 6.45) is 0.880. The summed E-state index contributed by atoms with van der Waals surface area (Å²) in [5, 5.41) is 5.75. The van der Waals surface area contributed by atoms with Crippen LogP contribution < -0.4 is 46.8 Å². The minimum Gasteiger partial charge on any atom is -0.458 e. The molecule has 8 aromatic carbocycles. The number of fused-ring (bicyclic) bond motifs is 9. The molecule has 0 aromatic heterocycles. The molecule has 4 heterocycles. The van der Waals surface area contributed by atoms with Crippen LogP contribution in [0.1, 0.15) is 36.1 Å². The van der Waals surface area contributed by atoms with E-state index in [2.05, 4.69) is 201 Å². The second kappa shape index (κ2) is 11.6. The van der Waals surface area contributed by atoms with Gasteiger partial charge in [0.2, 0.25) is 0 Å². The average Bonchev–Trinajstić information content (AvgIpc) is 3.53. The van der Waals surface area contributed by atoms with Gasteiger partial charge in [0.15, 0.2) is 8.07 Å². The zero-order chi connectivity index (χ0) is 37.2. The highest BCUT2D eigenvalue weighted by Gasteiger charge is 2.50.